The van der Waals surface area contributed by atoms with E-state index in [4.69, 9.17) is 0 Å². The predicted molar refractivity (Wildman–Crippen MR) is 114 cm³/mol. The number of carbonyl (C=O) groups excluding carboxylic acids is 2. The molecule has 0 spiro atoms. The van der Waals surface area contributed by atoms with Crippen molar-refractivity contribution in [1.29, 1.82) is 0 Å². The fraction of sp³-hybridized carbons (Fsp3) is 0.438. The van der Waals surface area contributed by atoms with Crippen LogP contribution < -0.4 is 5.32 Å². The summed E-state index contributed by atoms with van der Waals surface area (Å²) in [7, 11) is 1.69. The molecule has 0 unspecified atom stereocenters. The average Bonchev–Trinajstić information content (AvgIpc) is 3.27. The molecule has 31 heavy (non-hydrogen) atoms. The van der Waals surface area contributed by atoms with Crippen molar-refractivity contribution in [2.75, 3.05) is 11.5 Å². The number of carboxylic acid groups (broad SMARTS) is 1. The van der Waals surface area contributed by atoms with Gasteiger partial charge in [-0.1, -0.05) is 11.8 Å². The summed E-state index contributed by atoms with van der Waals surface area (Å²) in [5.41, 5.74) is 1.32. The lowest BCUT2D eigenvalue weighted by atomic mass is 10.0. The minimum Gasteiger partial charge on any atom is -0.477 e. The molecule has 2 aromatic rings. The van der Waals surface area contributed by atoms with E-state index >= 15 is 0 Å². The van der Waals surface area contributed by atoms with Gasteiger partial charge in [-0.3, -0.25) is 19.2 Å². The van der Waals surface area contributed by atoms with Crippen molar-refractivity contribution in [1.82, 2.24) is 40.2 Å². The second-order valence-electron chi connectivity index (χ2n) is 6.85. The Hall–Kier alpha value is -2.39. The van der Waals surface area contributed by atoms with Gasteiger partial charge in [-0.15, -0.1) is 16.9 Å². The van der Waals surface area contributed by atoms with E-state index in [0.717, 1.165) is 10.2 Å². The molecule has 12 nitrogen and oxygen atoms in total. The minimum absolute atomic E-state index is 0.0338. The van der Waals surface area contributed by atoms with Crippen LogP contribution in [0.15, 0.2) is 27.1 Å². The van der Waals surface area contributed by atoms with E-state index < -0.39 is 23.3 Å². The lowest BCUT2D eigenvalue weighted by Crippen LogP contribution is -2.70. The maximum atomic E-state index is 12.7. The molecule has 2 aromatic heterocycles. The molecule has 2 amide bonds. The second-order valence-corrected chi connectivity index (χ2v) is 9.75. The molecule has 2 aliphatic rings. The lowest BCUT2D eigenvalue weighted by Gasteiger charge is -2.49. The van der Waals surface area contributed by atoms with Gasteiger partial charge in [0.25, 0.3) is 5.91 Å². The van der Waals surface area contributed by atoms with Crippen LogP contribution in [-0.4, -0.2) is 80.7 Å². The molecule has 0 bridgehead atoms. The molecule has 2 aliphatic heterocycles. The summed E-state index contributed by atoms with van der Waals surface area (Å²) < 4.78 is 3.75. The van der Waals surface area contributed by atoms with Gasteiger partial charge >= 0.3 is 5.97 Å². The summed E-state index contributed by atoms with van der Waals surface area (Å²) in [6.07, 6.45) is 1.68. The average molecular weight is 529 g/mol. The highest BCUT2D eigenvalue weighted by Crippen LogP contribution is 2.41. The summed E-state index contributed by atoms with van der Waals surface area (Å²) >= 11 is 6.05. The van der Waals surface area contributed by atoms with E-state index in [1.165, 1.54) is 37.8 Å². The Balaban J connectivity index is 1.43. The van der Waals surface area contributed by atoms with Crippen LogP contribution in [0.2, 0.25) is 0 Å². The Kier molecular flexibility index (Phi) is 6.07. The van der Waals surface area contributed by atoms with Crippen molar-refractivity contribution >= 4 is 57.2 Å². The minimum atomic E-state index is -1.17. The molecule has 0 aromatic carbocycles. The van der Waals surface area contributed by atoms with Gasteiger partial charge in [0.15, 0.2) is 0 Å². The van der Waals surface area contributed by atoms with Crippen molar-refractivity contribution in [2.45, 2.75) is 30.0 Å². The topological polar surface area (TPSA) is 148 Å². The molecular formula is C16H17BrN8O4S2. The van der Waals surface area contributed by atoms with Crippen LogP contribution >= 0.6 is 39.5 Å². The normalized spacial score (nSPS) is 20.5. The van der Waals surface area contributed by atoms with Gasteiger partial charge in [-0.05, 0) is 38.9 Å². The molecule has 4 rings (SSSR count). The molecule has 4 heterocycles. The number of hydrogen-bond donors (Lipinski definition) is 2. The van der Waals surface area contributed by atoms with Gasteiger partial charge in [0.05, 0.1) is 10.2 Å². The van der Waals surface area contributed by atoms with Crippen LogP contribution in [0.5, 0.6) is 0 Å². The maximum absolute atomic E-state index is 12.7. The first-order valence-corrected chi connectivity index (χ1v) is 11.8. The van der Waals surface area contributed by atoms with Gasteiger partial charge in [-0.2, -0.15) is 5.10 Å². The van der Waals surface area contributed by atoms with Crippen LogP contribution in [-0.2, 0) is 28.0 Å². The Bertz CT molecular complexity index is 1080. The molecule has 0 aliphatic carbocycles. The molecule has 164 valence electrons. The van der Waals surface area contributed by atoms with Crippen LogP contribution in [0.4, 0.5) is 0 Å². The van der Waals surface area contributed by atoms with Crippen LogP contribution in [0, 0.1) is 6.92 Å². The van der Waals surface area contributed by atoms with Gasteiger partial charge in [0, 0.05) is 24.8 Å². The van der Waals surface area contributed by atoms with E-state index in [1.54, 1.807) is 20.2 Å². The largest absolute Gasteiger partial charge is 0.477 e. The van der Waals surface area contributed by atoms with Gasteiger partial charge in [-0.25, -0.2) is 9.48 Å². The molecule has 1 fully saturated rings. The van der Waals surface area contributed by atoms with Crippen molar-refractivity contribution < 1.29 is 19.5 Å². The number of thioether (sulfide) groups is 2. The maximum Gasteiger partial charge on any atom is 0.352 e. The van der Waals surface area contributed by atoms with Gasteiger partial charge in [0.2, 0.25) is 11.1 Å². The van der Waals surface area contributed by atoms with E-state index in [-0.39, 0.29) is 18.1 Å². The number of rotatable bonds is 7. The monoisotopic (exact) mass is 528 g/mol. The summed E-state index contributed by atoms with van der Waals surface area (Å²) in [4.78, 5) is 38.3. The van der Waals surface area contributed by atoms with E-state index in [2.05, 4.69) is 41.9 Å². The molecule has 0 radical (unpaired) electrons. The summed E-state index contributed by atoms with van der Waals surface area (Å²) in [6.45, 7) is 1.77. The lowest BCUT2D eigenvalue weighted by molar-refractivity contribution is -0.150. The number of amides is 2. The number of carboxylic acids is 1. The van der Waals surface area contributed by atoms with Gasteiger partial charge in [0.1, 0.15) is 23.7 Å². The first-order valence-electron chi connectivity index (χ1n) is 9.00. The van der Waals surface area contributed by atoms with Crippen molar-refractivity contribution in [3.63, 3.8) is 0 Å². The number of nitrogens with one attached hydrogen (secondary N) is 1. The molecular weight excluding hydrogens is 512 g/mol. The SMILES string of the molecule is Cc1nn(CC(=O)N[C@@H]2C(=O)N3C(C(=O)O)=C(CSc4nnnn4C)CS[C@@H]23)cc1Br. The predicted octanol–water partition coefficient (Wildman–Crippen LogP) is 0.00842. The number of nitrogens with zero attached hydrogens (tertiary/aromatic N) is 7. The summed E-state index contributed by atoms with van der Waals surface area (Å²) in [5.74, 6) is -1.23. The highest BCUT2D eigenvalue weighted by Gasteiger charge is 2.54. The third-order valence-corrected chi connectivity index (χ3v) is 7.93. The smallest absolute Gasteiger partial charge is 0.352 e. The van der Waals surface area contributed by atoms with Gasteiger partial charge < -0.3 is 10.4 Å². The zero-order valence-electron chi connectivity index (χ0n) is 16.4. The first-order chi connectivity index (χ1) is 14.8. The van der Waals surface area contributed by atoms with Crippen molar-refractivity contribution in [3.05, 3.63) is 27.6 Å². The number of hydrogen-bond acceptors (Lipinski definition) is 9. The number of halogens is 1. The van der Waals surface area contributed by atoms with E-state index in [9.17, 15) is 19.5 Å². The zero-order valence-corrected chi connectivity index (χ0v) is 19.6. The Morgan fingerprint density at radius 1 is 1.45 bits per heavy atom. The highest BCUT2D eigenvalue weighted by atomic mass is 79.9. The summed E-state index contributed by atoms with van der Waals surface area (Å²) in [6, 6.07) is -0.774. The third-order valence-electron chi connectivity index (χ3n) is 4.72. The van der Waals surface area contributed by atoms with E-state index in [0.29, 0.717) is 22.2 Å². The number of β-lactam (4-membered cyclic amide) rings is 1. The Morgan fingerprint density at radius 3 is 2.84 bits per heavy atom. The number of fused-ring (bicyclic) bond motifs is 1. The first kappa shape index (κ1) is 21.8. The van der Waals surface area contributed by atoms with Crippen LogP contribution in [0.3, 0.4) is 0 Å². The second kappa shape index (κ2) is 8.63. The zero-order chi connectivity index (χ0) is 22.3. The molecule has 2 atom stereocenters. The molecule has 1 saturated heterocycles. The van der Waals surface area contributed by atoms with Crippen LogP contribution in [0.25, 0.3) is 0 Å². The standard InChI is InChI=1S/C16H17BrN8O4S2/c1-7-9(17)3-24(20-7)4-10(26)18-11-13(27)25-12(15(28)29)8(5-30-14(11)25)6-31-16-19-21-22-23(16)2/h3,11,14H,4-6H2,1-2H3,(H,18,26)(H,28,29)/t11-,14+/m1/s1. The number of carbonyl (C=O) groups is 3. The Morgan fingerprint density at radius 2 is 2.23 bits per heavy atom. The van der Waals surface area contributed by atoms with Crippen LogP contribution in [0.1, 0.15) is 5.69 Å². The quantitative estimate of drug-likeness (QED) is 0.371. The molecule has 15 heteroatoms. The Labute approximate surface area is 192 Å². The number of aryl methyl sites for hydroxylation is 2. The van der Waals surface area contributed by atoms with Crippen molar-refractivity contribution in [2.24, 2.45) is 7.05 Å². The van der Waals surface area contributed by atoms with Crippen molar-refractivity contribution in [3.8, 4) is 0 Å². The summed E-state index contributed by atoms with van der Waals surface area (Å²) in [5, 5.41) is 27.9. The fourth-order valence-electron chi connectivity index (χ4n) is 3.23. The number of tetrazole rings is 1. The highest BCUT2D eigenvalue weighted by molar-refractivity contribution is 9.10. The molecule has 0 saturated carbocycles. The number of aromatic nitrogens is 6. The van der Waals surface area contributed by atoms with E-state index in [1.807, 2.05) is 0 Å². The number of aliphatic carboxylic acids is 1. The molecule has 2 N–H and O–H groups in total. The fourth-order valence-corrected chi connectivity index (χ4v) is 5.88. The third kappa shape index (κ3) is 4.21.